The molecule has 0 N–H and O–H groups in total. The van der Waals surface area contributed by atoms with Crippen LogP contribution in [0.3, 0.4) is 0 Å². The molecule has 0 spiro atoms. The molecular formula is C22H21N5O2. The molecule has 0 amide bonds. The van der Waals surface area contributed by atoms with E-state index in [1.54, 1.807) is 7.11 Å². The van der Waals surface area contributed by atoms with Gasteiger partial charge in [-0.05, 0) is 19.1 Å². The number of ether oxygens (including phenoxy) is 1. The third kappa shape index (κ3) is 3.23. The summed E-state index contributed by atoms with van der Waals surface area (Å²) < 4.78 is 11.2. The van der Waals surface area contributed by atoms with Gasteiger partial charge in [0, 0.05) is 31.0 Å². The van der Waals surface area contributed by atoms with Crippen LogP contribution >= 0.6 is 0 Å². The highest BCUT2D eigenvalue weighted by molar-refractivity contribution is 5.91. The summed E-state index contributed by atoms with van der Waals surface area (Å²) in [6.45, 7) is 2.52. The topological polar surface area (TPSA) is 77.2 Å². The molecule has 29 heavy (non-hydrogen) atoms. The Morgan fingerprint density at radius 2 is 1.79 bits per heavy atom. The van der Waals surface area contributed by atoms with Crippen LogP contribution in [0.2, 0.25) is 0 Å². The SMILES string of the molecule is COC1CC(c2nc(C)no2)N(c2nc(-c3ccccc3)nc3ccccc23)C1. The number of para-hydroxylation sites is 1. The van der Waals surface area contributed by atoms with Crippen molar-refractivity contribution in [3.63, 3.8) is 0 Å². The molecule has 7 nitrogen and oxygen atoms in total. The molecular weight excluding hydrogens is 366 g/mol. The minimum absolute atomic E-state index is 0.0566. The molecule has 0 bridgehead atoms. The molecule has 1 aliphatic heterocycles. The first-order chi connectivity index (χ1) is 14.2. The van der Waals surface area contributed by atoms with Crippen LogP contribution in [0, 0.1) is 6.92 Å². The zero-order valence-corrected chi connectivity index (χ0v) is 16.3. The van der Waals surface area contributed by atoms with E-state index in [0.717, 1.165) is 28.7 Å². The number of hydrogen-bond acceptors (Lipinski definition) is 7. The lowest BCUT2D eigenvalue weighted by Gasteiger charge is -2.24. The summed E-state index contributed by atoms with van der Waals surface area (Å²) in [6.07, 6.45) is 0.818. The fourth-order valence-electron chi connectivity index (χ4n) is 3.88. The molecule has 7 heteroatoms. The lowest BCUT2D eigenvalue weighted by molar-refractivity contribution is 0.117. The van der Waals surface area contributed by atoms with Gasteiger partial charge in [-0.2, -0.15) is 4.98 Å². The van der Waals surface area contributed by atoms with Crippen molar-refractivity contribution < 1.29 is 9.26 Å². The lowest BCUT2D eigenvalue weighted by atomic mass is 10.1. The highest BCUT2D eigenvalue weighted by atomic mass is 16.5. The molecule has 2 aromatic heterocycles. The van der Waals surface area contributed by atoms with Crippen molar-refractivity contribution in [3.8, 4) is 11.4 Å². The van der Waals surface area contributed by atoms with E-state index in [9.17, 15) is 0 Å². The molecule has 0 aliphatic carbocycles. The molecule has 2 unspecified atom stereocenters. The summed E-state index contributed by atoms with van der Waals surface area (Å²) in [7, 11) is 1.73. The standard InChI is InChI=1S/C22H21N5O2/c1-14-23-22(29-26-14)19-12-16(28-2)13-27(19)21-17-10-6-7-11-18(17)24-20(25-21)15-8-4-3-5-9-15/h3-11,16,19H,12-13H2,1-2H3. The van der Waals surface area contributed by atoms with Gasteiger partial charge in [0.2, 0.25) is 5.89 Å². The number of anilines is 1. The van der Waals surface area contributed by atoms with E-state index < -0.39 is 0 Å². The summed E-state index contributed by atoms with van der Waals surface area (Å²) in [5, 5.41) is 4.97. The van der Waals surface area contributed by atoms with Crippen LogP contribution < -0.4 is 4.90 Å². The molecule has 146 valence electrons. The van der Waals surface area contributed by atoms with E-state index in [1.807, 2.05) is 55.5 Å². The van der Waals surface area contributed by atoms with Gasteiger partial charge >= 0.3 is 0 Å². The Morgan fingerprint density at radius 3 is 2.55 bits per heavy atom. The average Bonchev–Trinajstić information content (AvgIpc) is 3.39. The Labute approximate surface area is 168 Å². The number of aryl methyl sites for hydroxylation is 1. The fourth-order valence-corrected chi connectivity index (χ4v) is 3.88. The summed E-state index contributed by atoms with van der Waals surface area (Å²) >= 11 is 0. The Morgan fingerprint density at radius 1 is 1.00 bits per heavy atom. The third-order valence-electron chi connectivity index (χ3n) is 5.31. The van der Waals surface area contributed by atoms with Gasteiger partial charge in [0.25, 0.3) is 0 Å². The van der Waals surface area contributed by atoms with Gasteiger partial charge in [0.05, 0.1) is 11.6 Å². The molecule has 2 aromatic carbocycles. The van der Waals surface area contributed by atoms with Crippen LogP contribution in [-0.4, -0.2) is 39.9 Å². The van der Waals surface area contributed by atoms with Crippen LogP contribution in [0.5, 0.6) is 0 Å². The Kier molecular flexibility index (Phi) is 4.44. The van der Waals surface area contributed by atoms with Crippen molar-refractivity contribution in [2.24, 2.45) is 0 Å². The maximum absolute atomic E-state index is 5.67. The normalized spacial score (nSPS) is 19.2. The van der Waals surface area contributed by atoms with Crippen molar-refractivity contribution in [3.05, 3.63) is 66.3 Å². The highest BCUT2D eigenvalue weighted by Crippen LogP contribution is 2.39. The minimum Gasteiger partial charge on any atom is -0.380 e. The number of fused-ring (bicyclic) bond motifs is 1. The minimum atomic E-state index is -0.0944. The van der Waals surface area contributed by atoms with E-state index in [0.29, 0.717) is 24.1 Å². The first kappa shape index (κ1) is 17.8. The molecule has 4 aromatic rings. The van der Waals surface area contributed by atoms with Crippen molar-refractivity contribution in [2.75, 3.05) is 18.6 Å². The van der Waals surface area contributed by atoms with Gasteiger partial charge < -0.3 is 14.2 Å². The number of nitrogens with zero attached hydrogens (tertiary/aromatic N) is 5. The second-order valence-corrected chi connectivity index (χ2v) is 7.20. The van der Waals surface area contributed by atoms with Crippen LogP contribution in [0.1, 0.15) is 24.2 Å². The van der Waals surface area contributed by atoms with Crippen LogP contribution in [0.4, 0.5) is 5.82 Å². The molecule has 3 heterocycles. The second kappa shape index (κ2) is 7.25. The second-order valence-electron chi connectivity index (χ2n) is 7.20. The number of benzene rings is 2. The predicted octanol–water partition coefficient (Wildman–Crippen LogP) is 3.95. The number of rotatable bonds is 4. The maximum atomic E-state index is 5.67. The Balaban J connectivity index is 1.68. The van der Waals surface area contributed by atoms with Gasteiger partial charge in [-0.1, -0.05) is 47.6 Å². The van der Waals surface area contributed by atoms with Crippen molar-refractivity contribution >= 4 is 16.7 Å². The van der Waals surface area contributed by atoms with Gasteiger partial charge in [-0.3, -0.25) is 0 Å². The van der Waals surface area contributed by atoms with E-state index >= 15 is 0 Å². The van der Waals surface area contributed by atoms with Crippen LogP contribution in [0.15, 0.2) is 59.1 Å². The van der Waals surface area contributed by atoms with E-state index in [4.69, 9.17) is 19.2 Å². The smallest absolute Gasteiger partial charge is 0.249 e. The molecule has 5 rings (SSSR count). The first-order valence-electron chi connectivity index (χ1n) is 9.65. The summed E-state index contributed by atoms with van der Waals surface area (Å²) in [5.41, 5.74) is 1.88. The molecule has 2 atom stereocenters. The average molecular weight is 387 g/mol. The molecule has 0 saturated carbocycles. The van der Waals surface area contributed by atoms with Crippen molar-refractivity contribution in [1.29, 1.82) is 0 Å². The van der Waals surface area contributed by atoms with Crippen molar-refractivity contribution in [2.45, 2.75) is 25.5 Å². The molecule has 1 fully saturated rings. The van der Waals surface area contributed by atoms with Gasteiger partial charge in [-0.25, -0.2) is 9.97 Å². The van der Waals surface area contributed by atoms with E-state index in [2.05, 4.69) is 21.1 Å². The van der Waals surface area contributed by atoms with Gasteiger partial charge in [0.15, 0.2) is 11.6 Å². The van der Waals surface area contributed by atoms with E-state index in [-0.39, 0.29) is 12.1 Å². The van der Waals surface area contributed by atoms with E-state index in [1.165, 1.54) is 0 Å². The number of hydrogen-bond donors (Lipinski definition) is 0. The fraction of sp³-hybridized carbons (Fsp3) is 0.273. The zero-order valence-electron chi connectivity index (χ0n) is 16.3. The third-order valence-corrected chi connectivity index (χ3v) is 5.31. The summed E-state index contributed by atoms with van der Waals surface area (Å²) in [5.74, 6) is 2.76. The van der Waals surface area contributed by atoms with Gasteiger partial charge in [-0.15, -0.1) is 0 Å². The Bertz CT molecular complexity index is 1140. The zero-order chi connectivity index (χ0) is 19.8. The van der Waals surface area contributed by atoms with Gasteiger partial charge in [0.1, 0.15) is 11.9 Å². The maximum Gasteiger partial charge on any atom is 0.249 e. The van der Waals surface area contributed by atoms with Crippen molar-refractivity contribution in [1.82, 2.24) is 20.1 Å². The largest absolute Gasteiger partial charge is 0.380 e. The molecule has 0 radical (unpaired) electrons. The predicted molar refractivity (Wildman–Crippen MR) is 110 cm³/mol. The van der Waals surface area contributed by atoms with Crippen LogP contribution in [-0.2, 0) is 4.74 Å². The quantitative estimate of drug-likeness (QED) is 0.524. The molecule has 1 saturated heterocycles. The summed E-state index contributed by atoms with van der Waals surface area (Å²) in [4.78, 5) is 16.5. The summed E-state index contributed by atoms with van der Waals surface area (Å²) in [6, 6.07) is 18.0. The lowest BCUT2D eigenvalue weighted by Crippen LogP contribution is -2.26. The highest BCUT2D eigenvalue weighted by Gasteiger charge is 2.38. The Hall–Kier alpha value is -3.32. The number of aromatic nitrogens is 4. The monoisotopic (exact) mass is 387 g/mol. The number of methoxy groups -OCH3 is 1. The van der Waals surface area contributed by atoms with Crippen LogP contribution in [0.25, 0.3) is 22.3 Å². The first-order valence-corrected chi connectivity index (χ1v) is 9.65. The molecule has 1 aliphatic rings.